The molecule has 0 spiro atoms. The predicted octanol–water partition coefficient (Wildman–Crippen LogP) is 2.89. The number of esters is 1. The highest BCUT2D eigenvalue weighted by Gasteiger charge is 2.37. The van der Waals surface area contributed by atoms with Gasteiger partial charge in [0.25, 0.3) is 0 Å². The molecule has 0 aromatic heterocycles. The smallest absolute Gasteiger partial charge is 0.306 e. The van der Waals surface area contributed by atoms with Gasteiger partial charge >= 0.3 is 5.97 Å². The van der Waals surface area contributed by atoms with Gasteiger partial charge in [-0.05, 0) is 24.6 Å². The minimum Gasteiger partial charge on any atom is -0.454 e. The summed E-state index contributed by atoms with van der Waals surface area (Å²) in [6.45, 7) is 1.92. The van der Waals surface area contributed by atoms with Crippen molar-refractivity contribution in [3.8, 4) is 0 Å². The topological polar surface area (TPSA) is 26.3 Å². The Bertz CT molecular complexity index is 375. The van der Waals surface area contributed by atoms with Crippen molar-refractivity contribution >= 4 is 17.6 Å². The molecule has 1 atom stereocenters. The number of benzene rings is 1. The Morgan fingerprint density at radius 3 is 2.86 bits per heavy atom. The lowest BCUT2D eigenvalue weighted by atomic mass is 9.93. The van der Waals surface area contributed by atoms with E-state index in [0.29, 0.717) is 11.4 Å². The molecule has 1 aliphatic rings. The van der Waals surface area contributed by atoms with Crippen LogP contribution in [0.2, 0.25) is 5.02 Å². The molecule has 0 N–H and O–H groups in total. The van der Waals surface area contributed by atoms with Crippen LogP contribution in [0.25, 0.3) is 0 Å². The highest BCUT2D eigenvalue weighted by atomic mass is 35.5. The van der Waals surface area contributed by atoms with Crippen LogP contribution in [0.4, 0.5) is 0 Å². The van der Waals surface area contributed by atoms with Gasteiger partial charge in [0.1, 0.15) is 5.60 Å². The van der Waals surface area contributed by atoms with E-state index in [2.05, 4.69) is 0 Å². The maximum absolute atomic E-state index is 11.1. The quantitative estimate of drug-likeness (QED) is 0.667. The maximum Gasteiger partial charge on any atom is 0.306 e. The van der Waals surface area contributed by atoms with Crippen LogP contribution >= 0.6 is 11.6 Å². The van der Waals surface area contributed by atoms with Gasteiger partial charge in [-0.2, -0.15) is 0 Å². The van der Waals surface area contributed by atoms with Gasteiger partial charge in [-0.3, -0.25) is 4.79 Å². The third-order valence-electron chi connectivity index (χ3n) is 2.58. The van der Waals surface area contributed by atoms with Gasteiger partial charge in [0, 0.05) is 17.9 Å². The highest BCUT2D eigenvalue weighted by Crippen LogP contribution is 2.36. The molecule has 14 heavy (non-hydrogen) atoms. The molecule has 1 aromatic carbocycles. The molecule has 1 aliphatic heterocycles. The van der Waals surface area contributed by atoms with Gasteiger partial charge in [-0.15, -0.1) is 0 Å². The van der Waals surface area contributed by atoms with Crippen molar-refractivity contribution in [2.75, 3.05) is 0 Å². The summed E-state index contributed by atoms with van der Waals surface area (Å²) in [4.78, 5) is 11.1. The fourth-order valence-electron chi connectivity index (χ4n) is 1.71. The molecule has 0 radical (unpaired) electrons. The van der Waals surface area contributed by atoms with Crippen molar-refractivity contribution in [3.05, 3.63) is 34.9 Å². The summed E-state index contributed by atoms with van der Waals surface area (Å²) in [6.07, 6.45) is 1.22. The van der Waals surface area contributed by atoms with Crippen molar-refractivity contribution in [2.24, 2.45) is 0 Å². The van der Waals surface area contributed by atoms with Crippen LogP contribution in [0.5, 0.6) is 0 Å². The standard InChI is InChI=1S/C11H11ClO2/c1-11(6-5-10(13)14-11)8-3-2-4-9(12)7-8/h2-4,7H,5-6H2,1H3. The summed E-state index contributed by atoms with van der Waals surface area (Å²) < 4.78 is 5.29. The first-order chi connectivity index (χ1) is 6.60. The normalized spacial score (nSPS) is 26.3. The van der Waals surface area contributed by atoms with Gasteiger partial charge in [-0.1, -0.05) is 23.7 Å². The van der Waals surface area contributed by atoms with Crippen LogP contribution < -0.4 is 0 Å². The number of rotatable bonds is 1. The minimum absolute atomic E-state index is 0.132. The molecule has 2 nitrogen and oxygen atoms in total. The van der Waals surface area contributed by atoms with Gasteiger partial charge in [0.2, 0.25) is 0 Å². The fourth-order valence-corrected chi connectivity index (χ4v) is 1.90. The van der Waals surface area contributed by atoms with Gasteiger partial charge < -0.3 is 4.74 Å². The lowest BCUT2D eigenvalue weighted by molar-refractivity contribution is -0.147. The molecule has 1 aromatic rings. The first kappa shape index (κ1) is 9.53. The summed E-state index contributed by atoms with van der Waals surface area (Å²) in [6, 6.07) is 7.46. The molecule has 1 unspecified atom stereocenters. The monoisotopic (exact) mass is 210 g/mol. The predicted molar refractivity (Wildman–Crippen MR) is 54.1 cm³/mol. The van der Waals surface area contributed by atoms with E-state index in [9.17, 15) is 4.79 Å². The van der Waals surface area contributed by atoms with Crippen molar-refractivity contribution in [1.82, 2.24) is 0 Å². The van der Waals surface area contributed by atoms with E-state index in [4.69, 9.17) is 16.3 Å². The zero-order valence-corrected chi connectivity index (χ0v) is 8.67. The minimum atomic E-state index is -0.484. The van der Waals surface area contributed by atoms with E-state index < -0.39 is 5.60 Å². The van der Waals surface area contributed by atoms with Crippen molar-refractivity contribution in [3.63, 3.8) is 0 Å². The van der Waals surface area contributed by atoms with Gasteiger partial charge in [-0.25, -0.2) is 0 Å². The summed E-state index contributed by atoms with van der Waals surface area (Å²) in [5, 5.41) is 0.673. The second-order valence-electron chi connectivity index (χ2n) is 3.72. The van der Waals surface area contributed by atoms with E-state index >= 15 is 0 Å². The third-order valence-corrected chi connectivity index (χ3v) is 2.82. The van der Waals surface area contributed by atoms with Gasteiger partial charge in [0.15, 0.2) is 0 Å². The molecule has 1 heterocycles. The Balaban J connectivity index is 2.34. The third kappa shape index (κ3) is 1.62. The number of cyclic esters (lactones) is 1. The van der Waals surface area contributed by atoms with Crippen molar-refractivity contribution < 1.29 is 9.53 Å². The number of carbonyl (C=O) groups excluding carboxylic acids is 1. The van der Waals surface area contributed by atoms with E-state index in [0.717, 1.165) is 12.0 Å². The molecule has 0 aliphatic carbocycles. The fraction of sp³-hybridized carbons (Fsp3) is 0.364. The Morgan fingerprint density at radius 2 is 2.29 bits per heavy atom. The summed E-state index contributed by atoms with van der Waals surface area (Å²) in [5.74, 6) is -0.132. The Kier molecular flexibility index (Phi) is 2.23. The van der Waals surface area contributed by atoms with Crippen LogP contribution in [0.15, 0.2) is 24.3 Å². The molecule has 3 heteroatoms. The van der Waals surface area contributed by atoms with Gasteiger partial charge in [0.05, 0.1) is 0 Å². The Morgan fingerprint density at radius 1 is 1.50 bits per heavy atom. The zero-order chi connectivity index (χ0) is 10.2. The molecule has 1 fully saturated rings. The van der Waals surface area contributed by atoms with E-state index in [-0.39, 0.29) is 5.97 Å². The number of hydrogen-bond donors (Lipinski definition) is 0. The van der Waals surface area contributed by atoms with Crippen molar-refractivity contribution in [1.29, 1.82) is 0 Å². The molecule has 2 rings (SSSR count). The largest absolute Gasteiger partial charge is 0.454 e. The van der Waals surface area contributed by atoms with Crippen molar-refractivity contribution in [2.45, 2.75) is 25.4 Å². The molecule has 0 saturated carbocycles. The molecule has 0 bridgehead atoms. The first-order valence-electron chi connectivity index (χ1n) is 4.58. The zero-order valence-electron chi connectivity index (χ0n) is 7.92. The summed E-state index contributed by atoms with van der Waals surface area (Å²) in [7, 11) is 0. The first-order valence-corrected chi connectivity index (χ1v) is 4.96. The lowest BCUT2D eigenvalue weighted by Crippen LogP contribution is -2.20. The van der Waals surface area contributed by atoms with E-state index in [1.165, 1.54) is 0 Å². The maximum atomic E-state index is 11.1. The lowest BCUT2D eigenvalue weighted by Gasteiger charge is -2.23. The van der Waals surface area contributed by atoms with E-state index in [1.54, 1.807) is 0 Å². The molecule has 1 saturated heterocycles. The second kappa shape index (κ2) is 3.28. The molecular weight excluding hydrogens is 200 g/mol. The number of carbonyl (C=O) groups is 1. The molecule has 74 valence electrons. The second-order valence-corrected chi connectivity index (χ2v) is 4.15. The SMILES string of the molecule is CC1(c2cccc(Cl)c2)CCC(=O)O1. The molecule has 0 amide bonds. The van der Waals surface area contributed by atoms with Crippen LogP contribution in [-0.2, 0) is 15.1 Å². The van der Waals surface area contributed by atoms with Crippen LogP contribution in [0, 0.1) is 0 Å². The van der Waals surface area contributed by atoms with Crippen LogP contribution in [-0.4, -0.2) is 5.97 Å². The average molecular weight is 211 g/mol. The highest BCUT2D eigenvalue weighted by molar-refractivity contribution is 6.30. The van der Waals surface area contributed by atoms with Crippen LogP contribution in [0.1, 0.15) is 25.3 Å². The summed E-state index contributed by atoms with van der Waals surface area (Å²) in [5.41, 5.74) is 0.484. The number of hydrogen-bond acceptors (Lipinski definition) is 2. The number of halogens is 1. The van der Waals surface area contributed by atoms with E-state index in [1.807, 2.05) is 31.2 Å². The average Bonchev–Trinajstić information content (AvgIpc) is 2.48. The summed E-state index contributed by atoms with van der Waals surface area (Å²) >= 11 is 5.88. The Labute approximate surface area is 87.8 Å². The Hall–Kier alpha value is -1.02. The van der Waals surface area contributed by atoms with Crippen LogP contribution in [0.3, 0.4) is 0 Å². The number of ether oxygens (including phenoxy) is 1. The molecular formula is C11H11ClO2.